The summed E-state index contributed by atoms with van der Waals surface area (Å²) in [6.07, 6.45) is 1.84. The van der Waals surface area contributed by atoms with Crippen molar-refractivity contribution >= 4 is 23.3 Å². The van der Waals surface area contributed by atoms with Gasteiger partial charge in [0.15, 0.2) is 5.78 Å². The zero-order valence-corrected chi connectivity index (χ0v) is 19.3. The number of nitrogens with zero attached hydrogens (tertiary/aromatic N) is 1. The zero-order valence-electron chi connectivity index (χ0n) is 19.3. The van der Waals surface area contributed by atoms with Gasteiger partial charge in [-0.2, -0.15) is 0 Å². The molecule has 5 heteroatoms. The molecule has 1 aromatic rings. The number of Topliss-reactive ketones (excluding diaryl/α,β-unsaturated/α-hetero) is 1. The van der Waals surface area contributed by atoms with E-state index in [1.807, 2.05) is 58.0 Å². The number of likely N-dealkylation sites (tertiary alicyclic amines) is 1. The average molecular weight is 423 g/mol. The predicted molar refractivity (Wildman–Crippen MR) is 125 cm³/mol. The molecule has 5 nitrogen and oxygen atoms in total. The van der Waals surface area contributed by atoms with E-state index >= 15 is 0 Å². The van der Waals surface area contributed by atoms with Gasteiger partial charge in [-0.3, -0.25) is 9.59 Å². The van der Waals surface area contributed by atoms with Crippen LogP contribution >= 0.6 is 0 Å². The second kappa shape index (κ2) is 8.83. The summed E-state index contributed by atoms with van der Waals surface area (Å²) in [5, 5.41) is 13.4. The van der Waals surface area contributed by atoms with Crippen LogP contribution in [0.3, 0.4) is 0 Å². The summed E-state index contributed by atoms with van der Waals surface area (Å²) in [5.74, 6) is -0.177. The maximum Gasteiger partial charge on any atom is 0.223 e. The van der Waals surface area contributed by atoms with E-state index in [0.29, 0.717) is 18.4 Å². The van der Waals surface area contributed by atoms with Crippen molar-refractivity contribution in [3.63, 3.8) is 0 Å². The van der Waals surface area contributed by atoms with Crippen molar-refractivity contribution in [3.8, 4) is 0 Å². The van der Waals surface area contributed by atoms with Crippen molar-refractivity contribution in [1.82, 2.24) is 10.2 Å². The Morgan fingerprint density at radius 1 is 1.26 bits per heavy atom. The third-order valence-corrected chi connectivity index (χ3v) is 5.85. The summed E-state index contributed by atoms with van der Waals surface area (Å²) in [6, 6.07) is 7.47. The van der Waals surface area contributed by atoms with Gasteiger partial charge in [0.1, 0.15) is 0 Å². The molecule has 0 bridgehead atoms. The van der Waals surface area contributed by atoms with Crippen LogP contribution < -0.4 is 5.32 Å². The molecule has 0 aromatic heterocycles. The highest BCUT2D eigenvalue weighted by atomic mass is 16.3. The number of allylic oxidation sites excluding steroid dienone is 1. The number of hydrogen-bond acceptors (Lipinski definition) is 4. The molecule has 0 aliphatic carbocycles. The van der Waals surface area contributed by atoms with Gasteiger partial charge in [-0.15, -0.1) is 0 Å². The molecule has 31 heavy (non-hydrogen) atoms. The van der Waals surface area contributed by atoms with E-state index in [1.165, 1.54) is 0 Å². The van der Waals surface area contributed by atoms with Crippen molar-refractivity contribution in [3.05, 3.63) is 58.8 Å². The van der Waals surface area contributed by atoms with Gasteiger partial charge in [-0.1, -0.05) is 51.6 Å². The molecule has 166 valence electrons. The number of nitrogens with one attached hydrogen (secondary N) is 1. The van der Waals surface area contributed by atoms with Crippen LogP contribution in [-0.4, -0.2) is 46.9 Å². The molecule has 1 amide bonds. The van der Waals surface area contributed by atoms with Crippen LogP contribution in [-0.2, 0) is 9.59 Å². The Labute approximate surface area is 185 Å². The van der Waals surface area contributed by atoms with Gasteiger partial charge in [0.05, 0.1) is 12.1 Å². The molecule has 1 aromatic carbocycles. The summed E-state index contributed by atoms with van der Waals surface area (Å²) in [6.45, 7) is 14.9. The number of aliphatic hydroxyl groups excluding tert-OH is 1. The Morgan fingerprint density at radius 3 is 2.45 bits per heavy atom. The van der Waals surface area contributed by atoms with E-state index in [2.05, 4.69) is 11.9 Å². The van der Waals surface area contributed by atoms with Gasteiger partial charge >= 0.3 is 0 Å². The first-order valence-corrected chi connectivity index (χ1v) is 10.9. The number of β-amino-alcohol motifs (C(OH)–C–C–N with tert-alkyl or cyclic N) is 1. The van der Waals surface area contributed by atoms with Crippen molar-refractivity contribution in [2.75, 3.05) is 13.1 Å². The Kier molecular flexibility index (Phi) is 6.56. The predicted octanol–water partition coefficient (Wildman–Crippen LogP) is 3.95. The van der Waals surface area contributed by atoms with E-state index in [0.717, 1.165) is 34.5 Å². The Balaban J connectivity index is 1.76. The van der Waals surface area contributed by atoms with E-state index in [1.54, 1.807) is 11.8 Å². The van der Waals surface area contributed by atoms with Gasteiger partial charge in [-0.05, 0) is 47.6 Å². The van der Waals surface area contributed by atoms with E-state index in [-0.39, 0.29) is 23.7 Å². The molecule has 2 aliphatic heterocycles. The van der Waals surface area contributed by atoms with Gasteiger partial charge in [-0.25, -0.2) is 0 Å². The normalized spacial score (nSPS) is 22.2. The first-order chi connectivity index (χ1) is 14.5. The number of amides is 1. The third-order valence-electron chi connectivity index (χ3n) is 5.85. The second-order valence-electron chi connectivity index (χ2n) is 9.96. The van der Waals surface area contributed by atoms with E-state index < -0.39 is 12.1 Å². The minimum atomic E-state index is -0.658. The SMILES string of the molecule is C=C1CNC(C)=C1c1ccc(/C=C(\C)C(=O)C2CC(O)CN2C(=O)CC(C)(C)C)cc1. The molecule has 2 N–H and O–H groups in total. The molecular weight excluding hydrogens is 388 g/mol. The van der Waals surface area contributed by atoms with Gasteiger partial charge in [0.25, 0.3) is 0 Å². The van der Waals surface area contributed by atoms with E-state index in [9.17, 15) is 14.7 Å². The monoisotopic (exact) mass is 422 g/mol. The largest absolute Gasteiger partial charge is 0.391 e. The van der Waals surface area contributed by atoms with Crippen LogP contribution in [0.1, 0.15) is 58.6 Å². The zero-order chi connectivity index (χ0) is 22.9. The Bertz CT molecular complexity index is 948. The summed E-state index contributed by atoms with van der Waals surface area (Å²) < 4.78 is 0. The fraction of sp³-hybridized carbons (Fsp3) is 0.462. The minimum absolute atomic E-state index is 0.0754. The smallest absolute Gasteiger partial charge is 0.223 e. The number of rotatable bonds is 5. The molecule has 0 saturated carbocycles. The number of aliphatic hydroxyl groups is 1. The van der Waals surface area contributed by atoms with Crippen LogP contribution in [0.25, 0.3) is 11.6 Å². The number of carbonyl (C=O) groups excluding carboxylic acids is 2. The van der Waals surface area contributed by atoms with E-state index in [4.69, 9.17) is 0 Å². The second-order valence-corrected chi connectivity index (χ2v) is 9.96. The topological polar surface area (TPSA) is 69.6 Å². The molecule has 3 rings (SSSR count). The van der Waals surface area contributed by atoms with Crippen LogP contribution in [0.15, 0.2) is 47.7 Å². The van der Waals surface area contributed by atoms with Crippen LogP contribution in [0.4, 0.5) is 0 Å². The van der Waals surface area contributed by atoms with Gasteiger partial charge < -0.3 is 15.3 Å². The highest BCUT2D eigenvalue weighted by molar-refractivity contribution is 6.04. The van der Waals surface area contributed by atoms with Crippen molar-refractivity contribution in [1.29, 1.82) is 0 Å². The Morgan fingerprint density at radius 2 is 1.90 bits per heavy atom. The fourth-order valence-electron chi connectivity index (χ4n) is 4.33. The molecule has 0 spiro atoms. The molecule has 2 unspecified atom stereocenters. The van der Waals surface area contributed by atoms with Crippen molar-refractivity contribution < 1.29 is 14.7 Å². The lowest BCUT2D eigenvalue weighted by Gasteiger charge is -2.27. The molecule has 1 saturated heterocycles. The highest BCUT2D eigenvalue weighted by Crippen LogP contribution is 2.30. The maximum absolute atomic E-state index is 13.1. The quantitative estimate of drug-likeness (QED) is 0.705. The summed E-state index contributed by atoms with van der Waals surface area (Å²) in [4.78, 5) is 27.4. The maximum atomic E-state index is 13.1. The van der Waals surface area contributed by atoms with Gasteiger partial charge in [0, 0.05) is 37.2 Å². The highest BCUT2D eigenvalue weighted by Gasteiger charge is 2.39. The molecular formula is C26H34N2O3. The fourth-order valence-corrected chi connectivity index (χ4v) is 4.33. The number of ketones is 1. The van der Waals surface area contributed by atoms with Crippen LogP contribution in [0.5, 0.6) is 0 Å². The molecule has 2 atom stereocenters. The third kappa shape index (κ3) is 5.34. The molecule has 0 radical (unpaired) electrons. The number of benzene rings is 1. The summed E-state index contributed by atoms with van der Waals surface area (Å²) >= 11 is 0. The minimum Gasteiger partial charge on any atom is -0.391 e. The standard InChI is InChI=1S/C26H34N2O3/c1-16(11-19-7-9-20(10-8-19)24-17(2)14-27-18(24)3)25(31)22-12-21(29)15-28(22)23(30)13-26(4,5)6/h7-11,21-22,27,29H,2,12-15H2,1,3-6H3/b16-11+. The lowest BCUT2D eigenvalue weighted by Crippen LogP contribution is -2.42. The lowest BCUT2D eigenvalue weighted by molar-refractivity contribution is -0.138. The molecule has 2 aliphatic rings. The summed E-state index contributed by atoms with van der Waals surface area (Å²) in [7, 11) is 0. The lowest BCUT2D eigenvalue weighted by atomic mass is 9.91. The first kappa shape index (κ1) is 23.0. The van der Waals surface area contributed by atoms with Crippen molar-refractivity contribution in [2.45, 2.75) is 59.6 Å². The van der Waals surface area contributed by atoms with Crippen LogP contribution in [0, 0.1) is 5.41 Å². The van der Waals surface area contributed by atoms with Crippen molar-refractivity contribution in [2.24, 2.45) is 5.41 Å². The summed E-state index contributed by atoms with van der Waals surface area (Å²) in [5.41, 5.74) is 5.80. The number of carbonyl (C=O) groups is 2. The average Bonchev–Trinajstić information content (AvgIpc) is 3.23. The molecule has 2 heterocycles. The van der Waals surface area contributed by atoms with Gasteiger partial charge in [0.2, 0.25) is 5.91 Å². The van der Waals surface area contributed by atoms with Crippen LogP contribution in [0.2, 0.25) is 0 Å². The number of hydrogen-bond donors (Lipinski definition) is 2. The first-order valence-electron chi connectivity index (χ1n) is 10.9. The Hall–Kier alpha value is -2.66. The molecule has 1 fully saturated rings.